The van der Waals surface area contributed by atoms with Crippen LogP contribution in [0.25, 0.3) is 65.4 Å². The van der Waals surface area contributed by atoms with Crippen LogP contribution >= 0.6 is 0 Å². The monoisotopic (exact) mass is 561 g/mol. The van der Waals surface area contributed by atoms with Crippen LogP contribution in [0.15, 0.2) is 168 Å². The summed E-state index contributed by atoms with van der Waals surface area (Å²) in [6, 6.07) is 58.5. The third kappa shape index (κ3) is 3.96. The average molecular weight is 562 g/mol. The number of para-hydroxylation sites is 1. The van der Waals surface area contributed by atoms with Gasteiger partial charge in [-0.15, -0.1) is 0 Å². The molecule has 44 heavy (non-hydrogen) atoms. The maximum Gasteiger partial charge on any atom is 0.137 e. The lowest BCUT2D eigenvalue weighted by Gasteiger charge is -2.25. The van der Waals surface area contributed by atoms with E-state index in [2.05, 4.69) is 169 Å². The molecule has 0 aliphatic carbocycles. The molecule has 0 amide bonds. The molecule has 9 aromatic rings. The Bertz CT molecular complexity index is 2490. The van der Waals surface area contributed by atoms with Gasteiger partial charge in [-0.1, -0.05) is 103 Å². The van der Waals surface area contributed by atoms with E-state index in [0.717, 1.165) is 39.0 Å². The predicted molar refractivity (Wildman–Crippen MR) is 186 cm³/mol. The Hall–Kier alpha value is -5.86. The van der Waals surface area contributed by atoms with Crippen LogP contribution in [-0.4, -0.2) is 0 Å². The molecule has 0 aliphatic heterocycles. The molecule has 9 rings (SSSR count). The summed E-state index contributed by atoms with van der Waals surface area (Å²) >= 11 is 0. The van der Waals surface area contributed by atoms with Gasteiger partial charge in [-0.05, 0) is 98.0 Å². The minimum Gasteiger partial charge on any atom is -0.456 e. The van der Waals surface area contributed by atoms with Gasteiger partial charge in [0.2, 0.25) is 0 Å². The first-order valence-electron chi connectivity index (χ1n) is 15.0. The van der Waals surface area contributed by atoms with Crippen LogP contribution in [0, 0.1) is 0 Å². The molecule has 0 saturated carbocycles. The molecule has 0 saturated heterocycles. The molecule has 1 heterocycles. The van der Waals surface area contributed by atoms with Gasteiger partial charge in [-0.2, -0.15) is 0 Å². The number of nitrogens with zero attached hydrogens (tertiary/aromatic N) is 1. The van der Waals surface area contributed by atoms with Gasteiger partial charge in [0.25, 0.3) is 0 Å². The van der Waals surface area contributed by atoms with Gasteiger partial charge >= 0.3 is 0 Å². The van der Waals surface area contributed by atoms with Crippen molar-refractivity contribution in [3.05, 3.63) is 164 Å². The zero-order chi connectivity index (χ0) is 29.0. The largest absolute Gasteiger partial charge is 0.456 e. The summed E-state index contributed by atoms with van der Waals surface area (Å²) in [6.45, 7) is 0. The lowest BCUT2D eigenvalue weighted by molar-refractivity contribution is 0.669. The molecule has 0 bridgehead atoms. The molecule has 0 radical (unpaired) electrons. The zero-order valence-electron chi connectivity index (χ0n) is 23.9. The lowest BCUT2D eigenvalue weighted by atomic mass is 9.93. The quantitative estimate of drug-likeness (QED) is 0.199. The Labute approximate surface area is 255 Å². The third-order valence-electron chi connectivity index (χ3n) is 8.80. The van der Waals surface area contributed by atoms with E-state index < -0.39 is 0 Å². The van der Waals surface area contributed by atoms with E-state index in [9.17, 15) is 0 Å². The van der Waals surface area contributed by atoms with Gasteiger partial charge in [0.15, 0.2) is 0 Å². The molecular weight excluding hydrogens is 534 g/mol. The van der Waals surface area contributed by atoms with Crippen molar-refractivity contribution in [2.24, 2.45) is 0 Å². The topological polar surface area (TPSA) is 16.4 Å². The van der Waals surface area contributed by atoms with Crippen LogP contribution in [0.4, 0.5) is 17.1 Å². The maximum atomic E-state index is 6.45. The highest BCUT2D eigenvalue weighted by Crippen LogP contribution is 2.41. The maximum absolute atomic E-state index is 6.45. The van der Waals surface area contributed by atoms with Crippen molar-refractivity contribution in [1.29, 1.82) is 0 Å². The van der Waals surface area contributed by atoms with E-state index in [4.69, 9.17) is 4.42 Å². The van der Waals surface area contributed by atoms with Crippen molar-refractivity contribution in [3.8, 4) is 11.1 Å². The molecule has 8 aromatic carbocycles. The van der Waals surface area contributed by atoms with Gasteiger partial charge in [-0.3, -0.25) is 0 Å². The normalized spacial score (nSPS) is 11.6. The van der Waals surface area contributed by atoms with Crippen molar-refractivity contribution in [2.75, 3.05) is 4.90 Å². The Morgan fingerprint density at radius 3 is 1.73 bits per heavy atom. The average Bonchev–Trinajstić information content (AvgIpc) is 3.44. The highest BCUT2D eigenvalue weighted by Gasteiger charge is 2.16. The summed E-state index contributed by atoms with van der Waals surface area (Å²) in [5.74, 6) is 0. The van der Waals surface area contributed by atoms with Gasteiger partial charge in [0.05, 0.1) is 0 Å². The fourth-order valence-corrected chi connectivity index (χ4v) is 6.70. The van der Waals surface area contributed by atoms with E-state index in [1.54, 1.807) is 0 Å². The number of fused-ring (bicyclic) bond motifs is 7. The van der Waals surface area contributed by atoms with Crippen molar-refractivity contribution in [2.45, 2.75) is 0 Å². The summed E-state index contributed by atoms with van der Waals surface area (Å²) in [6.07, 6.45) is 0. The first-order valence-corrected chi connectivity index (χ1v) is 15.0. The molecule has 2 heteroatoms. The van der Waals surface area contributed by atoms with E-state index in [1.807, 2.05) is 0 Å². The van der Waals surface area contributed by atoms with Gasteiger partial charge in [-0.25, -0.2) is 0 Å². The fraction of sp³-hybridized carbons (Fsp3) is 0. The second-order valence-electron chi connectivity index (χ2n) is 11.4. The molecule has 0 N–H and O–H groups in total. The second-order valence-corrected chi connectivity index (χ2v) is 11.4. The molecule has 0 aliphatic rings. The minimum absolute atomic E-state index is 0.882. The molecule has 206 valence electrons. The molecule has 0 unspecified atom stereocenters. The third-order valence-corrected chi connectivity index (χ3v) is 8.80. The standard InChI is InChI=1S/C42H27NO/c1-2-13-32(14-3-1)43(34-22-23-38-40-24-29-10-4-5-11-30(29)26-41(40)44-42(38)27-34)33-20-18-28(19-21-33)39-25-31-12-6-7-15-35(31)36-16-8-9-17-37(36)39/h1-27H. The minimum atomic E-state index is 0.882. The van der Waals surface area contributed by atoms with Crippen molar-refractivity contribution in [1.82, 2.24) is 0 Å². The first kappa shape index (κ1) is 24.7. The number of hydrogen-bond donors (Lipinski definition) is 0. The molecule has 0 spiro atoms. The lowest BCUT2D eigenvalue weighted by Crippen LogP contribution is -2.09. The van der Waals surface area contributed by atoms with Crippen molar-refractivity contribution in [3.63, 3.8) is 0 Å². The van der Waals surface area contributed by atoms with E-state index in [1.165, 1.54) is 43.4 Å². The van der Waals surface area contributed by atoms with E-state index in [-0.39, 0.29) is 0 Å². The van der Waals surface area contributed by atoms with Gasteiger partial charge in [0, 0.05) is 33.9 Å². The molecular formula is C42H27NO. The number of rotatable bonds is 4. The SMILES string of the molecule is c1ccc(N(c2ccc(-c3cc4ccccc4c4ccccc34)cc2)c2ccc3c(c2)oc2cc4ccccc4cc23)cc1. The Morgan fingerprint density at radius 2 is 0.932 bits per heavy atom. The number of hydrogen-bond acceptors (Lipinski definition) is 2. The van der Waals surface area contributed by atoms with Crippen LogP contribution in [-0.2, 0) is 0 Å². The highest BCUT2D eigenvalue weighted by atomic mass is 16.3. The highest BCUT2D eigenvalue weighted by molar-refractivity contribution is 6.14. The first-order chi connectivity index (χ1) is 21.8. The predicted octanol–water partition coefficient (Wildman–Crippen LogP) is 12.2. The molecule has 1 aromatic heterocycles. The van der Waals surface area contributed by atoms with E-state index >= 15 is 0 Å². The summed E-state index contributed by atoms with van der Waals surface area (Å²) in [5, 5.41) is 9.76. The summed E-state index contributed by atoms with van der Waals surface area (Å²) < 4.78 is 6.45. The zero-order valence-corrected chi connectivity index (χ0v) is 23.9. The molecule has 2 nitrogen and oxygen atoms in total. The van der Waals surface area contributed by atoms with Crippen molar-refractivity contribution >= 4 is 71.3 Å². The van der Waals surface area contributed by atoms with Gasteiger partial charge in [0.1, 0.15) is 11.2 Å². The smallest absolute Gasteiger partial charge is 0.137 e. The fourth-order valence-electron chi connectivity index (χ4n) is 6.70. The van der Waals surface area contributed by atoms with Crippen LogP contribution < -0.4 is 4.90 Å². The van der Waals surface area contributed by atoms with Crippen LogP contribution in [0.1, 0.15) is 0 Å². The Morgan fingerprint density at radius 1 is 0.341 bits per heavy atom. The summed E-state index contributed by atoms with van der Waals surface area (Å²) in [5.41, 5.74) is 7.47. The number of anilines is 3. The van der Waals surface area contributed by atoms with Crippen LogP contribution in [0.2, 0.25) is 0 Å². The van der Waals surface area contributed by atoms with Crippen molar-refractivity contribution < 1.29 is 4.42 Å². The Kier molecular flexibility index (Phi) is 5.54. The van der Waals surface area contributed by atoms with Crippen LogP contribution in [0.5, 0.6) is 0 Å². The van der Waals surface area contributed by atoms with Crippen LogP contribution in [0.3, 0.4) is 0 Å². The second kappa shape index (κ2) is 9.86. The number of furan rings is 1. The van der Waals surface area contributed by atoms with E-state index in [0.29, 0.717) is 0 Å². The van der Waals surface area contributed by atoms with Gasteiger partial charge < -0.3 is 9.32 Å². The number of benzene rings is 8. The Balaban J connectivity index is 1.18. The molecule has 0 atom stereocenters. The summed E-state index contributed by atoms with van der Waals surface area (Å²) in [4.78, 5) is 2.30. The summed E-state index contributed by atoms with van der Waals surface area (Å²) in [7, 11) is 0. The molecule has 0 fully saturated rings.